The predicted octanol–water partition coefficient (Wildman–Crippen LogP) is 4.04. The van der Waals surface area contributed by atoms with E-state index in [2.05, 4.69) is 34.9 Å². The molecule has 0 spiro atoms. The predicted molar refractivity (Wildman–Crippen MR) is 88.2 cm³/mol. The largest absolute Gasteiger partial charge is 0.487 e. The number of nitrogens with zero attached hydrogens (tertiary/aromatic N) is 2. The van der Waals surface area contributed by atoms with Crippen LogP contribution >= 0.6 is 15.9 Å². The van der Waals surface area contributed by atoms with E-state index in [4.69, 9.17) is 10.5 Å². The van der Waals surface area contributed by atoms with Gasteiger partial charge >= 0.3 is 0 Å². The molecule has 2 N–H and O–H groups in total. The number of hydrogen-bond acceptors (Lipinski definition) is 3. The summed E-state index contributed by atoms with van der Waals surface area (Å²) in [7, 11) is 0. The first-order valence-corrected chi connectivity index (χ1v) is 8.12. The Morgan fingerprint density at radius 2 is 2.05 bits per heavy atom. The summed E-state index contributed by atoms with van der Waals surface area (Å²) in [6.45, 7) is 5.32. The van der Waals surface area contributed by atoms with Crippen LogP contribution in [0.5, 0.6) is 5.75 Å². The summed E-state index contributed by atoms with van der Waals surface area (Å²) in [5.74, 6) is 0.815. The smallest absolute Gasteiger partial charge is 0.132 e. The Bertz CT molecular complexity index is 579. The van der Waals surface area contributed by atoms with Gasteiger partial charge in [-0.1, -0.05) is 29.8 Å². The lowest BCUT2D eigenvalue weighted by Crippen LogP contribution is -2.08. The second-order valence-electron chi connectivity index (χ2n) is 5.00. The van der Waals surface area contributed by atoms with Crippen molar-refractivity contribution in [3.63, 3.8) is 0 Å². The molecule has 0 atom stereocenters. The first kappa shape index (κ1) is 16.0. The summed E-state index contributed by atoms with van der Waals surface area (Å²) in [6.07, 6.45) is 4.21. The number of rotatable bonds is 7. The number of ether oxygens (including phenoxy) is 1. The van der Waals surface area contributed by atoms with Crippen molar-refractivity contribution in [1.82, 2.24) is 9.78 Å². The van der Waals surface area contributed by atoms with Gasteiger partial charge in [-0.25, -0.2) is 0 Å². The van der Waals surface area contributed by atoms with E-state index in [0.717, 1.165) is 34.3 Å². The molecule has 0 aliphatic rings. The summed E-state index contributed by atoms with van der Waals surface area (Å²) in [4.78, 5) is 0. The summed E-state index contributed by atoms with van der Waals surface area (Å²) in [6, 6.07) is 8.33. The van der Waals surface area contributed by atoms with Crippen LogP contribution in [0, 0.1) is 0 Å². The van der Waals surface area contributed by atoms with E-state index in [1.165, 1.54) is 0 Å². The number of benzene rings is 1. The molecule has 0 unspecified atom stereocenters. The van der Waals surface area contributed by atoms with Crippen LogP contribution in [0.1, 0.15) is 44.0 Å². The monoisotopic (exact) mass is 351 g/mol. The van der Waals surface area contributed by atoms with Gasteiger partial charge in [0.15, 0.2) is 0 Å². The average molecular weight is 352 g/mol. The number of hydrogen-bond donors (Lipinski definition) is 1. The normalized spacial score (nSPS) is 11.1. The maximum Gasteiger partial charge on any atom is 0.132 e. The fourth-order valence-corrected chi connectivity index (χ4v) is 2.68. The molecule has 0 saturated heterocycles. The second kappa shape index (κ2) is 7.61. The zero-order valence-corrected chi connectivity index (χ0v) is 14.1. The molecule has 21 heavy (non-hydrogen) atoms. The zero-order valence-electron chi connectivity index (χ0n) is 12.6. The van der Waals surface area contributed by atoms with Crippen molar-refractivity contribution in [2.45, 2.75) is 45.9 Å². The van der Waals surface area contributed by atoms with E-state index in [9.17, 15) is 0 Å². The number of nitrogens with two attached hydrogens (primary N) is 1. The molecular formula is C16H22BrN3O. The molecule has 4 nitrogen and oxygen atoms in total. The quantitative estimate of drug-likeness (QED) is 0.818. The van der Waals surface area contributed by atoms with Gasteiger partial charge in [-0.2, -0.15) is 5.10 Å². The lowest BCUT2D eigenvalue weighted by Gasteiger charge is -2.12. The van der Waals surface area contributed by atoms with Crippen molar-refractivity contribution in [2.24, 2.45) is 5.73 Å². The summed E-state index contributed by atoms with van der Waals surface area (Å²) < 4.78 is 8.84. The van der Waals surface area contributed by atoms with Gasteiger partial charge in [0.25, 0.3) is 0 Å². The van der Waals surface area contributed by atoms with Crippen LogP contribution in [0.3, 0.4) is 0 Å². The summed E-state index contributed by atoms with van der Waals surface area (Å²) in [5, 5.41) is 4.59. The number of halogens is 1. The van der Waals surface area contributed by atoms with Crippen LogP contribution < -0.4 is 10.5 Å². The molecule has 0 amide bonds. The fraction of sp³-hybridized carbons (Fsp3) is 0.438. The molecule has 5 heteroatoms. The standard InChI is InChI=1S/C16H22BrN3O/c1-3-14(4-2)20-8-7-13(19-20)11-21-15-5-6-16(17)12(9-15)10-18/h5-9,14H,3-4,10-11,18H2,1-2H3. The van der Waals surface area contributed by atoms with E-state index in [-0.39, 0.29) is 0 Å². The molecule has 1 heterocycles. The van der Waals surface area contributed by atoms with Gasteiger partial charge in [0.05, 0.1) is 11.7 Å². The van der Waals surface area contributed by atoms with Gasteiger partial charge in [-0.15, -0.1) is 0 Å². The third-order valence-electron chi connectivity index (χ3n) is 3.60. The van der Waals surface area contributed by atoms with E-state index >= 15 is 0 Å². The van der Waals surface area contributed by atoms with Gasteiger partial charge in [-0.05, 0) is 42.7 Å². The highest BCUT2D eigenvalue weighted by atomic mass is 79.9. The van der Waals surface area contributed by atoms with Crippen LogP contribution in [0.15, 0.2) is 34.9 Å². The Hall–Kier alpha value is -1.33. The molecule has 2 aromatic rings. The third-order valence-corrected chi connectivity index (χ3v) is 4.38. The lowest BCUT2D eigenvalue weighted by atomic mass is 10.2. The van der Waals surface area contributed by atoms with Crippen LogP contribution in [0.4, 0.5) is 0 Å². The summed E-state index contributed by atoms with van der Waals surface area (Å²) in [5.41, 5.74) is 7.67. The van der Waals surface area contributed by atoms with Crippen LogP contribution in [0.2, 0.25) is 0 Å². The molecular weight excluding hydrogens is 330 g/mol. The molecule has 0 aliphatic carbocycles. The second-order valence-corrected chi connectivity index (χ2v) is 5.86. The number of aromatic nitrogens is 2. The first-order chi connectivity index (χ1) is 10.2. The molecule has 114 valence electrons. The highest BCUT2D eigenvalue weighted by Gasteiger charge is 2.08. The van der Waals surface area contributed by atoms with Gasteiger partial charge in [0.2, 0.25) is 0 Å². The van der Waals surface area contributed by atoms with E-state index in [0.29, 0.717) is 19.2 Å². The SMILES string of the molecule is CCC(CC)n1ccc(COc2ccc(Br)c(CN)c2)n1. The Morgan fingerprint density at radius 3 is 2.71 bits per heavy atom. The van der Waals surface area contributed by atoms with E-state index in [1.807, 2.05) is 35.1 Å². The maximum absolute atomic E-state index is 5.80. The van der Waals surface area contributed by atoms with Crippen molar-refractivity contribution in [2.75, 3.05) is 0 Å². The van der Waals surface area contributed by atoms with E-state index in [1.54, 1.807) is 0 Å². The summed E-state index contributed by atoms with van der Waals surface area (Å²) >= 11 is 3.47. The molecule has 0 bridgehead atoms. The van der Waals surface area contributed by atoms with Gasteiger partial charge in [-0.3, -0.25) is 4.68 Å². The highest BCUT2D eigenvalue weighted by molar-refractivity contribution is 9.10. The van der Waals surface area contributed by atoms with Crippen molar-refractivity contribution >= 4 is 15.9 Å². The average Bonchev–Trinajstić information content (AvgIpc) is 2.96. The lowest BCUT2D eigenvalue weighted by molar-refractivity contribution is 0.297. The molecule has 1 aromatic heterocycles. The Balaban J connectivity index is 2.00. The maximum atomic E-state index is 5.80. The van der Waals surface area contributed by atoms with Crippen LogP contribution in [-0.2, 0) is 13.2 Å². The molecule has 0 fully saturated rings. The van der Waals surface area contributed by atoms with Gasteiger partial charge in [0, 0.05) is 17.2 Å². The van der Waals surface area contributed by atoms with Gasteiger partial charge < -0.3 is 10.5 Å². The van der Waals surface area contributed by atoms with Crippen LogP contribution in [0.25, 0.3) is 0 Å². The molecule has 2 rings (SSSR count). The van der Waals surface area contributed by atoms with Gasteiger partial charge in [0.1, 0.15) is 12.4 Å². The molecule has 0 radical (unpaired) electrons. The fourth-order valence-electron chi connectivity index (χ4n) is 2.28. The molecule has 1 aromatic carbocycles. The van der Waals surface area contributed by atoms with Crippen molar-refractivity contribution in [3.8, 4) is 5.75 Å². The minimum absolute atomic E-state index is 0.468. The topological polar surface area (TPSA) is 53.1 Å². The highest BCUT2D eigenvalue weighted by Crippen LogP contribution is 2.23. The van der Waals surface area contributed by atoms with Crippen molar-refractivity contribution in [1.29, 1.82) is 0 Å². The Morgan fingerprint density at radius 1 is 1.29 bits per heavy atom. The molecule has 0 saturated carbocycles. The molecule has 0 aliphatic heterocycles. The van der Waals surface area contributed by atoms with E-state index < -0.39 is 0 Å². The third kappa shape index (κ3) is 4.08. The Kier molecular flexibility index (Phi) is 5.82. The first-order valence-electron chi connectivity index (χ1n) is 7.33. The minimum atomic E-state index is 0.468. The Labute approximate surface area is 134 Å². The van der Waals surface area contributed by atoms with Crippen molar-refractivity contribution in [3.05, 3.63) is 46.2 Å². The zero-order chi connectivity index (χ0) is 15.2. The minimum Gasteiger partial charge on any atom is -0.487 e. The van der Waals surface area contributed by atoms with Crippen molar-refractivity contribution < 1.29 is 4.74 Å². The van der Waals surface area contributed by atoms with Crippen LogP contribution in [-0.4, -0.2) is 9.78 Å².